The van der Waals surface area contributed by atoms with E-state index in [4.69, 9.17) is 0 Å². The molecule has 4 aliphatic rings. The molecule has 12 heteroatoms. The predicted octanol–water partition coefficient (Wildman–Crippen LogP) is 5.57. The number of piperazine rings is 1. The quantitative estimate of drug-likeness (QED) is 0.156. The molecule has 0 spiro atoms. The van der Waals surface area contributed by atoms with Crippen LogP contribution in [0.5, 0.6) is 0 Å². The zero-order valence-electron chi connectivity index (χ0n) is 30.4. The highest BCUT2D eigenvalue weighted by Gasteiger charge is 2.25. The van der Waals surface area contributed by atoms with Crippen molar-refractivity contribution in [2.45, 2.75) is 26.3 Å². The molecule has 2 saturated heterocycles. The van der Waals surface area contributed by atoms with Crippen LogP contribution >= 0.6 is 0 Å². The maximum absolute atomic E-state index is 12.1. The SMILES string of the molecule is CC(=O)N1CCN(c2ccc(N/C=C3/C(=O)Nc4ccccc43)cc2)CC1.CC(=O)NC1CCN(c2ccc(N/C=C3\C(=O)Nc4ccccc43)cc2)C1. The van der Waals surface area contributed by atoms with Gasteiger partial charge in [0.05, 0.1) is 11.1 Å². The summed E-state index contributed by atoms with van der Waals surface area (Å²) in [5, 5.41) is 15.1. The molecule has 5 N–H and O–H groups in total. The summed E-state index contributed by atoms with van der Waals surface area (Å²) < 4.78 is 0. The molecule has 0 aliphatic carbocycles. The van der Waals surface area contributed by atoms with E-state index in [1.807, 2.05) is 77.7 Å². The molecule has 4 heterocycles. The third-order valence-corrected chi connectivity index (χ3v) is 9.97. The van der Waals surface area contributed by atoms with Crippen LogP contribution in [-0.4, -0.2) is 73.8 Å². The summed E-state index contributed by atoms with van der Waals surface area (Å²) >= 11 is 0. The van der Waals surface area contributed by atoms with Gasteiger partial charge in [0, 0.05) is 117 Å². The van der Waals surface area contributed by atoms with E-state index in [2.05, 4.69) is 60.6 Å². The summed E-state index contributed by atoms with van der Waals surface area (Å²) in [6.45, 7) is 8.13. The van der Waals surface area contributed by atoms with E-state index in [9.17, 15) is 19.2 Å². The summed E-state index contributed by atoms with van der Waals surface area (Å²) in [5.41, 5.74) is 8.88. The van der Waals surface area contributed by atoms with Gasteiger partial charge in [0.25, 0.3) is 11.8 Å². The van der Waals surface area contributed by atoms with Crippen molar-refractivity contribution >= 4 is 68.9 Å². The van der Waals surface area contributed by atoms with Gasteiger partial charge in [0.2, 0.25) is 11.8 Å². The van der Waals surface area contributed by atoms with Crippen molar-refractivity contribution < 1.29 is 19.2 Å². The fourth-order valence-electron chi connectivity index (χ4n) is 7.09. The average Bonchev–Trinajstić information content (AvgIpc) is 3.87. The molecule has 4 aliphatic heterocycles. The maximum atomic E-state index is 12.1. The summed E-state index contributed by atoms with van der Waals surface area (Å²) in [6, 6.07) is 31.8. The van der Waals surface area contributed by atoms with Gasteiger partial charge in [0.15, 0.2) is 0 Å². The number of carbonyl (C=O) groups excluding carboxylic acids is 4. The lowest BCUT2D eigenvalue weighted by Gasteiger charge is -2.35. The fourth-order valence-corrected chi connectivity index (χ4v) is 7.09. The van der Waals surface area contributed by atoms with E-state index in [0.717, 1.165) is 90.9 Å². The Morgan fingerprint density at radius 1 is 0.630 bits per heavy atom. The van der Waals surface area contributed by atoms with E-state index in [1.54, 1.807) is 26.2 Å². The number of hydrogen-bond acceptors (Lipinski definition) is 8. The van der Waals surface area contributed by atoms with Gasteiger partial charge in [-0.2, -0.15) is 0 Å². The van der Waals surface area contributed by atoms with E-state index < -0.39 is 0 Å². The molecule has 54 heavy (non-hydrogen) atoms. The Kier molecular flexibility index (Phi) is 10.6. The van der Waals surface area contributed by atoms with Crippen molar-refractivity contribution in [3.05, 3.63) is 121 Å². The molecule has 4 aromatic rings. The van der Waals surface area contributed by atoms with E-state index >= 15 is 0 Å². The second kappa shape index (κ2) is 16.0. The number of amides is 4. The normalized spacial score (nSPS) is 18.7. The Hall–Kier alpha value is -6.56. The van der Waals surface area contributed by atoms with Crippen LogP contribution in [0.4, 0.5) is 34.1 Å². The lowest BCUT2D eigenvalue weighted by Crippen LogP contribution is -2.48. The molecular weight excluding hydrogens is 681 g/mol. The average molecular weight is 725 g/mol. The highest BCUT2D eigenvalue weighted by Crippen LogP contribution is 2.33. The second-order valence-corrected chi connectivity index (χ2v) is 13.6. The minimum atomic E-state index is -0.0959. The third-order valence-electron chi connectivity index (χ3n) is 9.97. The van der Waals surface area contributed by atoms with Gasteiger partial charge in [-0.3, -0.25) is 19.2 Å². The number of fused-ring (bicyclic) bond motifs is 2. The lowest BCUT2D eigenvalue weighted by molar-refractivity contribution is -0.129. The van der Waals surface area contributed by atoms with Crippen molar-refractivity contribution in [2.75, 3.05) is 70.3 Å². The van der Waals surface area contributed by atoms with E-state index in [0.29, 0.717) is 11.1 Å². The summed E-state index contributed by atoms with van der Waals surface area (Å²) in [7, 11) is 0. The molecule has 4 amide bonds. The predicted molar refractivity (Wildman–Crippen MR) is 215 cm³/mol. The first-order valence-electron chi connectivity index (χ1n) is 18.2. The second-order valence-electron chi connectivity index (χ2n) is 13.6. The molecule has 0 saturated carbocycles. The molecule has 4 aromatic carbocycles. The molecule has 1 unspecified atom stereocenters. The summed E-state index contributed by atoms with van der Waals surface area (Å²) in [6.07, 6.45) is 4.46. The Morgan fingerprint density at radius 2 is 1.11 bits per heavy atom. The van der Waals surface area contributed by atoms with Gasteiger partial charge in [-0.05, 0) is 67.1 Å². The van der Waals surface area contributed by atoms with E-state index in [-0.39, 0.29) is 29.7 Å². The number of nitrogens with zero attached hydrogens (tertiary/aromatic N) is 3. The Balaban J connectivity index is 0.000000167. The molecule has 0 aromatic heterocycles. The summed E-state index contributed by atoms with van der Waals surface area (Å²) in [4.78, 5) is 53.3. The number of rotatable bonds is 7. The topological polar surface area (TPSA) is 138 Å². The molecule has 276 valence electrons. The van der Waals surface area contributed by atoms with Crippen molar-refractivity contribution in [2.24, 2.45) is 0 Å². The van der Waals surface area contributed by atoms with E-state index in [1.165, 1.54) is 0 Å². The van der Waals surface area contributed by atoms with Crippen LogP contribution in [0, 0.1) is 0 Å². The van der Waals surface area contributed by atoms with Gasteiger partial charge in [-0.25, -0.2) is 0 Å². The Morgan fingerprint density at radius 3 is 1.59 bits per heavy atom. The molecule has 1 atom stereocenters. The fraction of sp³-hybridized carbons (Fsp3) is 0.238. The molecular formula is C42H44N8O4. The van der Waals surface area contributed by atoms with Gasteiger partial charge in [-0.15, -0.1) is 0 Å². The van der Waals surface area contributed by atoms with Crippen LogP contribution in [-0.2, 0) is 19.2 Å². The number of nitrogens with one attached hydrogen (secondary N) is 5. The number of carbonyl (C=O) groups is 4. The first kappa shape index (κ1) is 35.8. The maximum Gasteiger partial charge on any atom is 0.257 e. The standard InChI is InChI=1S/2C21H22N4O2/c1-15(26)24-10-12-25(13-11-24)17-8-6-16(7-9-17)22-14-19-18-4-2-3-5-20(18)23-21(19)27;1-14(26)23-16-10-11-25(13-16)17-8-6-15(7-9-17)22-12-19-18-4-2-3-5-20(18)24-21(19)27/h2-9,14,22H,10-13H2,1H3,(H,23,27);2-9,12,16,22H,10-11,13H2,1H3,(H,23,26)(H,24,27)/b19-14+;19-12-. The van der Waals surface area contributed by atoms with Crippen molar-refractivity contribution in [3.8, 4) is 0 Å². The Bertz CT molecular complexity index is 1980. The van der Waals surface area contributed by atoms with Gasteiger partial charge < -0.3 is 41.3 Å². The molecule has 0 bridgehead atoms. The number of benzene rings is 4. The minimum absolute atomic E-state index is 0.0203. The lowest BCUT2D eigenvalue weighted by atomic mass is 10.1. The minimum Gasteiger partial charge on any atom is -0.369 e. The highest BCUT2D eigenvalue weighted by atomic mass is 16.2. The van der Waals surface area contributed by atoms with Crippen molar-refractivity contribution in [3.63, 3.8) is 0 Å². The monoisotopic (exact) mass is 724 g/mol. The highest BCUT2D eigenvalue weighted by molar-refractivity contribution is 6.32. The number of anilines is 6. The first-order chi connectivity index (χ1) is 26.2. The molecule has 8 rings (SSSR count). The van der Waals surface area contributed by atoms with Gasteiger partial charge in [-0.1, -0.05) is 36.4 Å². The largest absolute Gasteiger partial charge is 0.369 e. The molecule has 2 fully saturated rings. The van der Waals surface area contributed by atoms with Crippen molar-refractivity contribution in [1.82, 2.24) is 10.2 Å². The van der Waals surface area contributed by atoms with Crippen LogP contribution in [0.2, 0.25) is 0 Å². The summed E-state index contributed by atoms with van der Waals surface area (Å²) in [5.74, 6) is -0.0308. The zero-order valence-corrected chi connectivity index (χ0v) is 30.4. The number of para-hydroxylation sites is 2. The third kappa shape index (κ3) is 8.23. The van der Waals surface area contributed by atoms with Gasteiger partial charge in [0.1, 0.15) is 0 Å². The molecule has 12 nitrogen and oxygen atoms in total. The Labute approximate surface area is 314 Å². The number of hydrogen-bond donors (Lipinski definition) is 5. The zero-order chi connectivity index (χ0) is 37.6. The van der Waals surface area contributed by atoms with Crippen LogP contribution in [0.25, 0.3) is 11.1 Å². The van der Waals surface area contributed by atoms with Crippen molar-refractivity contribution in [1.29, 1.82) is 0 Å². The first-order valence-corrected chi connectivity index (χ1v) is 18.2. The molecule has 0 radical (unpaired) electrons. The van der Waals surface area contributed by atoms with Crippen LogP contribution in [0.3, 0.4) is 0 Å². The van der Waals surface area contributed by atoms with Crippen LogP contribution < -0.4 is 36.4 Å². The van der Waals surface area contributed by atoms with Crippen LogP contribution in [0.15, 0.2) is 109 Å². The van der Waals surface area contributed by atoms with Crippen LogP contribution in [0.1, 0.15) is 31.4 Å². The smallest absolute Gasteiger partial charge is 0.257 e. The van der Waals surface area contributed by atoms with Gasteiger partial charge >= 0.3 is 0 Å².